The number of esters is 2. The number of ether oxygens (including phenoxy) is 5. The van der Waals surface area contributed by atoms with Crippen LogP contribution in [0.4, 0.5) is 0 Å². The molecule has 8 nitrogen and oxygen atoms in total. The van der Waals surface area contributed by atoms with Crippen LogP contribution in [0.25, 0.3) is 0 Å². The molecule has 0 amide bonds. The molecule has 2 fully saturated rings. The zero-order valence-corrected chi connectivity index (χ0v) is 21.7. The predicted octanol–water partition coefficient (Wildman–Crippen LogP) is 5.50. The molecule has 2 aromatic carbocycles. The van der Waals surface area contributed by atoms with Crippen molar-refractivity contribution < 1.29 is 33.3 Å². The average Bonchev–Trinajstić information content (AvgIpc) is 3.49. The number of hydrogen-bond donors (Lipinski definition) is 0. The molecule has 2 unspecified atom stereocenters. The van der Waals surface area contributed by atoms with Crippen molar-refractivity contribution in [3.05, 3.63) is 72.3 Å². The van der Waals surface area contributed by atoms with Crippen LogP contribution in [0.3, 0.4) is 0 Å². The summed E-state index contributed by atoms with van der Waals surface area (Å²) in [7, 11) is 0. The van der Waals surface area contributed by atoms with E-state index in [1.165, 1.54) is 6.08 Å². The molecule has 0 radical (unpaired) electrons. The molecule has 2 aliphatic rings. The summed E-state index contributed by atoms with van der Waals surface area (Å²) in [4.78, 5) is 25.1. The molecule has 1 aliphatic carbocycles. The van der Waals surface area contributed by atoms with E-state index < -0.39 is 29.4 Å². The van der Waals surface area contributed by atoms with E-state index in [2.05, 4.69) is 6.07 Å². The molecule has 0 N–H and O–H groups in total. The standard InChI is InChI=1S/C30H33NO7/c1-30(2)24(14-15-26(32)34-17-18-36-27-13-6-7-16-35-27)28(30)29(33)38-25(20-31)21-9-8-12-23(19-21)37-22-10-4-3-5-11-22/h3-5,8-12,14-15,19,24-25,27-28H,6-7,13,16-18H2,1-2H3/t24-,25?,27?,28-/m0/s1. The van der Waals surface area contributed by atoms with E-state index in [-0.39, 0.29) is 25.4 Å². The molecule has 0 spiro atoms. The maximum atomic E-state index is 13.0. The van der Waals surface area contributed by atoms with Gasteiger partial charge in [-0.25, -0.2) is 4.79 Å². The highest BCUT2D eigenvalue weighted by Gasteiger charge is 2.61. The Labute approximate surface area is 223 Å². The van der Waals surface area contributed by atoms with Crippen LogP contribution >= 0.6 is 0 Å². The second-order valence-corrected chi connectivity index (χ2v) is 9.95. The van der Waals surface area contributed by atoms with Crippen LogP contribution in [0.15, 0.2) is 66.7 Å². The minimum absolute atomic E-state index is 0.124. The first-order valence-corrected chi connectivity index (χ1v) is 12.9. The average molecular weight is 520 g/mol. The quantitative estimate of drug-likeness (QED) is 0.218. The van der Waals surface area contributed by atoms with Gasteiger partial charge in [0.05, 0.1) is 12.5 Å². The lowest BCUT2D eigenvalue weighted by atomic mass is 10.1. The molecule has 38 heavy (non-hydrogen) atoms. The molecule has 1 heterocycles. The van der Waals surface area contributed by atoms with Crippen molar-refractivity contribution in [2.24, 2.45) is 17.3 Å². The van der Waals surface area contributed by atoms with Crippen LogP contribution in [0, 0.1) is 28.6 Å². The predicted molar refractivity (Wildman–Crippen MR) is 138 cm³/mol. The number of benzene rings is 2. The third kappa shape index (κ3) is 7.21. The van der Waals surface area contributed by atoms with E-state index in [1.54, 1.807) is 30.3 Å². The van der Waals surface area contributed by atoms with E-state index in [4.69, 9.17) is 23.7 Å². The van der Waals surface area contributed by atoms with Gasteiger partial charge in [-0.3, -0.25) is 4.79 Å². The molecule has 1 aliphatic heterocycles. The highest BCUT2D eigenvalue weighted by Crippen LogP contribution is 2.59. The van der Waals surface area contributed by atoms with E-state index in [0.29, 0.717) is 23.7 Å². The minimum atomic E-state index is -1.08. The third-order valence-corrected chi connectivity index (χ3v) is 6.86. The van der Waals surface area contributed by atoms with Crippen LogP contribution < -0.4 is 4.74 Å². The summed E-state index contributed by atoms with van der Waals surface area (Å²) in [5.74, 6) is -0.473. The number of allylic oxidation sites excluding steroid dienone is 1. The second-order valence-electron chi connectivity index (χ2n) is 9.95. The number of nitriles is 1. The fourth-order valence-corrected chi connectivity index (χ4v) is 4.61. The Balaban J connectivity index is 1.27. The summed E-state index contributed by atoms with van der Waals surface area (Å²) in [6.45, 7) is 4.93. The topological polar surface area (TPSA) is 104 Å². The van der Waals surface area contributed by atoms with Crippen molar-refractivity contribution in [1.29, 1.82) is 5.26 Å². The van der Waals surface area contributed by atoms with Crippen molar-refractivity contribution in [3.63, 3.8) is 0 Å². The molecule has 4 atom stereocenters. The van der Waals surface area contributed by atoms with E-state index in [0.717, 1.165) is 19.3 Å². The van der Waals surface area contributed by atoms with Crippen molar-refractivity contribution in [2.45, 2.75) is 45.5 Å². The Hall–Kier alpha value is -3.67. The number of carbonyl (C=O) groups excluding carboxylic acids is 2. The Bertz CT molecular complexity index is 1160. The first-order chi connectivity index (χ1) is 18.4. The molecule has 1 saturated heterocycles. The smallest absolute Gasteiger partial charge is 0.330 e. The summed E-state index contributed by atoms with van der Waals surface area (Å²) in [5.41, 5.74) is 0.109. The van der Waals surface area contributed by atoms with Gasteiger partial charge in [0.1, 0.15) is 24.2 Å². The van der Waals surface area contributed by atoms with Gasteiger partial charge in [-0.15, -0.1) is 0 Å². The highest BCUT2D eigenvalue weighted by molar-refractivity contribution is 5.83. The molecule has 0 aromatic heterocycles. The van der Waals surface area contributed by atoms with Crippen molar-refractivity contribution in [3.8, 4) is 17.6 Å². The lowest BCUT2D eigenvalue weighted by Crippen LogP contribution is -2.24. The summed E-state index contributed by atoms with van der Waals surface area (Å²) in [6, 6.07) is 18.2. The maximum Gasteiger partial charge on any atom is 0.330 e. The lowest BCUT2D eigenvalue weighted by molar-refractivity contribution is -0.172. The number of carbonyl (C=O) groups is 2. The van der Waals surface area contributed by atoms with E-state index >= 15 is 0 Å². The van der Waals surface area contributed by atoms with Crippen molar-refractivity contribution in [1.82, 2.24) is 0 Å². The van der Waals surface area contributed by atoms with Crippen LogP contribution in [0.2, 0.25) is 0 Å². The number of nitrogens with zero attached hydrogens (tertiary/aromatic N) is 1. The molecule has 200 valence electrons. The third-order valence-electron chi connectivity index (χ3n) is 6.86. The monoisotopic (exact) mass is 519 g/mol. The van der Waals surface area contributed by atoms with Gasteiger partial charge in [0, 0.05) is 18.2 Å². The van der Waals surface area contributed by atoms with Gasteiger partial charge in [0.2, 0.25) is 6.10 Å². The molecular weight excluding hydrogens is 486 g/mol. The van der Waals surface area contributed by atoms with Gasteiger partial charge in [-0.1, -0.05) is 50.3 Å². The summed E-state index contributed by atoms with van der Waals surface area (Å²) in [6.07, 6.45) is 4.66. The zero-order valence-electron chi connectivity index (χ0n) is 21.7. The lowest BCUT2D eigenvalue weighted by Gasteiger charge is -2.22. The van der Waals surface area contributed by atoms with Gasteiger partial charge in [-0.2, -0.15) is 5.26 Å². The molecule has 1 saturated carbocycles. The second kappa shape index (κ2) is 12.7. The molecule has 4 rings (SSSR count). The van der Waals surface area contributed by atoms with Gasteiger partial charge < -0.3 is 23.7 Å². The number of hydrogen-bond acceptors (Lipinski definition) is 8. The normalized spacial score (nSPS) is 22.7. The maximum absolute atomic E-state index is 13.0. The SMILES string of the molecule is CC1(C)[C@H](C(=O)OC(C#N)c2cccc(Oc3ccccc3)c2)[C@@H]1C=CC(=O)OCCOC1CCCCO1. The Morgan fingerprint density at radius 3 is 2.63 bits per heavy atom. The first-order valence-electron chi connectivity index (χ1n) is 12.9. The van der Waals surface area contributed by atoms with Gasteiger partial charge in [0.15, 0.2) is 6.29 Å². The molecular formula is C30H33NO7. The Kier molecular flexibility index (Phi) is 9.16. The van der Waals surface area contributed by atoms with Crippen molar-refractivity contribution >= 4 is 11.9 Å². The Morgan fingerprint density at radius 1 is 1.11 bits per heavy atom. The van der Waals surface area contributed by atoms with E-state index in [1.807, 2.05) is 44.2 Å². The van der Waals surface area contributed by atoms with Crippen LogP contribution in [0.1, 0.15) is 44.8 Å². The number of para-hydroxylation sites is 1. The van der Waals surface area contributed by atoms with Gasteiger partial charge in [0.25, 0.3) is 0 Å². The summed E-state index contributed by atoms with van der Waals surface area (Å²) < 4.78 is 27.6. The summed E-state index contributed by atoms with van der Waals surface area (Å²) in [5, 5.41) is 9.71. The first kappa shape index (κ1) is 27.4. The fraction of sp³-hybridized carbons (Fsp3) is 0.433. The minimum Gasteiger partial charge on any atom is -0.460 e. The number of rotatable bonds is 11. The molecule has 2 aromatic rings. The Morgan fingerprint density at radius 2 is 1.89 bits per heavy atom. The highest BCUT2D eigenvalue weighted by atomic mass is 16.7. The van der Waals surface area contributed by atoms with Crippen LogP contribution in [0.5, 0.6) is 11.5 Å². The van der Waals surface area contributed by atoms with Crippen LogP contribution in [-0.4, -0.2) is 38.0 Å². The van der Waals surface area contributed by atoms with Crippen molar-refractivity contribution in [2.75, 3.05) is 19.8 Å². The molecule has 0 bridgehead atoms. The molecule has 8 heteroatoms. The van der Waals surface area contributed by atoms with Gasteiger partial charge >= 0.3 is 11.9 Å². The van der Waals surface area contributed by atoms with Crippen LogP contribution in [-0.2, 0) is 28.5 Å². The van der Waals surface area contributed by atoms with Gasteiger partial charge in [-0.05, 0) is 54.9 Å². The van der Waals surface area contributed by atoms with E-state index in [9.17, 15) is 14.9 Å². The summed E-state index contributed by atoms with van der Waals surface area (Å²) >= 11 is 0. The zero-order chi connectivity index (χ0) is 27.0. The largest absolute Gasteiger partial charge is 0.460 e. The fourth-order valence-electron chi connectivity index (χ4n) is 4.61.